The first-order valence-corrected chi connectivity index (χ1v) is 7.49. The van der Waals surface area contributed by atoms with E-state index in [0.29, 0.717) is 11.8 Å². The van der Waals surface area contributed by atoms with Crippen molar-refractivity contribution < 1.29 is 4.79 Å². The van der Waals surface area contributed by atoms with Gasteiger partial charge in [-0.25, -0.2) is 0 Å². The summed E-state index contributed by atoms with van der Waals surface area (Å²) in [6.07, 6.45) is 10.6. The molecule has 0 radical (unpaired) electrons. The summed E-state index contributed by atoms with van der Waals surface area (Å²) in [5.74, 6) is 3.46. The van der Waals surface area contributed by atoms with E-state index in [-0.39, 0.29) is 0 Å². The summed E-state index contributed by atoms with van der Waals surface area (Å²) >= 11 is 0. The summed E-state index contributed by atoms with van der Waals surface area (Å²) in [5.41, 5.74) is 0. The van der Waals surface area contributed by atoms with E-state index in [9.17, 15) is 4.79 Å². The highest BCUT2D eigenvalue weighted by Gasteiger charge is 2.48. The third-order valence-corrected chi connectivity index (χ3v) is 5.23. The first kappa shape index (κ1) is 11.6. The SMILES string of the molecule is CN(CC1CCCCC1)C(=O)C1CC2CC2C1. The molecule has 3 aliphatic carbocycles. The smallest absolute Gasteiger partial charge is 0.225 e. The van der Waals surface area contributed by atoms with Crippen LogP contribution in [0, 0.1) is 23.7 Å². The second kappa shape index (κ2) is 4.62. The van der Waals surface area contributed by atoms with Crippen molar-refractivity contribution in [3.63, 3.8) is 0 Å². The highest BCUT2D eigenvalue weighted by atomic mass is 16.2. The van der Waals surface area contributed by atoms with Crippen molar-refractivity contribution in [1.82, 2.24) is 4.90 Å². The largest absolute Gasteiger partial charge is 0.345 e. The van der Waals surface area contributed by atoms with Crippen molar-refractivity contribution in [2.75, 3.05) is 13.6 Å². The molecule has 17 heavy (non-hydrogen) atoms. The zero-order valence-electron chi connectivity index (χ0n) is 11.0. The van der Waals surface area contributed by atoms with Gasteiger partial charge in [0, 0.05) is 19.5 Å². The van der Waals surface area contributed by atoms with Crippen LogP contribution in [0.4, 0.5) is 0 Å². The quantitative estimate of drug-likeness (QED) is 0.736. The number of amides is 1. The number of rotatable bonds is 3. The van der Waals surface area contributed by atoms with Gasteiger partial charge < -0.3 is 4.90 Å². The van der Waals surface area contributed by atoms with Crippen LogP contribution in [0.25, 0.3) is 0 Å². The van der Waals surface area contributed by atoms with E-state index in [4.69, 9.17) is 0 Å². The third-order valence-electron chi connectivity index (χ3n) is 5.23. The molecule has 0 aromatic rings. The minimum absolute atomic E-state index is 0.382. The van der Waals surface area contributed by atoms with Gasteiger partial charge in [-0.05, 0) is 49.9 Å². The van der Waals surface area contributed by atoms with Gasteiger partial charge in [-0.15, -0.1) is 0 Å². The molecule has 0 heterocycles. The molecule has 3 rings (SSSR count). The van der Waals surface area contributed by atoms with Crippen LogP contribution < -0.4 is 0 Å². The Morgan fingerprint density at radius 1 is 1.06 bits per heavy atom. The molecule has 3 fully saturated rings. The topological polar surface area (TPSA) is 20.3 Å². The van der Waals surface area contributed by atoms with Gasteiger partial charge in [0.1, 0.15) is 0 Å². The Morgan fingerprint density at radius 2 is 1.71 bits per heavy atom. The Hall–Kier alpha value is -0.530. The summed E-state index contributed by atoms with van der Waals surface area (Å²) < 4.78 is 0. The molecule has 0 aliphatic heterocycles. The minimum Gasteiger partial charge on any atom is -0.345 e. The summed E-state index contributed by atoms with van der Waals surface area (Å²) in [7, 11) is 2.03. The molecule has 0 spiro atoms. The predicted octanol–water partition coefficient (Wildman–Crippen LogP) is 3.07. The third kappa shape index (κ3) is 2.51. The molecule has 0 N–H and O–H groups in total. The molecule has 0 aromatic carbocycles. The van der Waals surface area contributed by atoms with E-state index in [1.807, 2.05) is 11.9 Å². The van der Waals surface area contributed by atoms with Crippen molar-refractivity contribution in [2.45, 2.75) is 51.4 Å². The van der Waals surface area contributed by atoms with E-state index in [1.165, 1.54) is 51.4 Å². The molecule has 0 bridgehead atoms. The van der Waals surface area contributed by atoms with E-state index in [2.05, 4.69) is 0 Å². The monoisotopic (exact) mass is 235 g/mol. The molecule has 2 atom stereocenters. The first-order chi connectivity index (χ1) is 8.24. The molecule has 3 saturated carbocycles. The van der Waals surface area contributed by atoms with Gasteiger partial charge in [0.25, 0.3) is 0 Å². The van der Waals surface area contributed by atoms with Crippen molar-refractivity contribution in [2.24, 2.45) is 23.7 Å². The molecule has 3 aliphatic rings. The van der Waals surface area contributed by atoms with Gasteiger partial charge >= 0.3 is 0 Å². The van der Waals surface area contributed by atoms with Gasteiger partial charge in [-0.3, -0.25) is 4.79 Å². The maximum atomic E-state index is 12.3. The molecular weight excluding hydrogens is 210 g/mol. The van der Waals surface area contributed by atoms with Crippen LogP contribution in [0.5, 0.6) is 0 Å². The van der Waals surface area contributed by atoms with Crippen molar-refractivity contribution >= 4 is 5.91 Å². The fourth-order valence-corrected chi connectivity index (χ4v) is 4.08. The van der Waals surface area contributed by atoms with Gasteiger partial charge in [-0.2, -0.15) is 0 Å². The second-order valence-electron chi connectivity index (χ2n) is 6.65. The second-order valence-corrected chi connectivity index (χ2v) is 6.65. The molecular formula is C15H25NO. The zero-order valence-corrected chi connectivity index (χ0v) is 11.0. The van der Waals surface area contributed by atoms with Gasteiger partial charge in [0.2, 0.25) is 5.91 Å². The van der Waals surface area contributed by atoms with E-state index in [1.54, 1.807) is 0 Å². The lowest BCUT2D eigenvalue weighted by Crippen LogP contribution is -2.36. The van der Waals surface area contributed by atoms with Crippen molar-refractivity contribution in [3.05, 3.63) is 0 Å². The highest BCUT2D eigenvalue weighted by molar-refractivity contribution is 5.79. The summed E-state index contributed by atoms with van der Waals surface area (Å²) in [4.78, 5) is 14.4. The number of fused-ring (bicyclic) bond motifs is 1. The molecule has 2 heteroatoms. The number of hydrogen-bond donors (Lipinski definition) is 0. The van der Waals surface area contributed by atoms with Crippen LogP contribution in [-0.2, 0) is 4.79 Å². The minimum atomic E-state index is 0.382. The molecule has 0 aromatic heterocycles. The van der Waals surface area contributed by atoms with Gasteiger partial charge in [-0.1, -0.05) is 19.3 Å². The van der Waals surface area contributed by atoms with Crippen molar-refractivity contribution in [1.29, 1.82) is 0 Å². The van der Waals surface area contributed by atoms with Crippen LogP contribution in [-0.4, -0.2) is 24.4 Å². The molecule has 1 amide bonds. The van der Waals surface area contributed by atoms with Crippen LogP contribution in [0.3, 0.4) is 0 Å². The van der Waals surface area contributed by atoms with E-state index < -0.39 is 0 Å². The number of carbonyl (C=O) groups excluding carboxylic acids is 1. The predicted molar refractivity (Wildman–Crippen MR) is 68.5 cm³/mol. The first-order valence-electron chi connectivity index (χ1n) is 7.49. The van der Waals surface area contributed by atoms with Gasteiger partial charge in [0.05, 0.1) is 0 Å². The van der Waals surface area contributed by atoms with Crippen LogP contribution in [0.1, 0.15) is 51.4 Å². The summed E-state index contributed by atoms with van der Waals surface area (Å²) in [5, 5.41) is 0. The fourth-order valence-electron chi connectivity index (χ4n) is 4.08. The van der Waals surface area contributed by atoms with E-state index >= 15 is 0 Å². The Bertz CT molecular complexity index is 285. The van der Waals surface area contributed by atoms with Crippen LogP contribution >= 0.6 is 0 Å². The number of carbonyl (C=O) groups is 1. The maximum absolute atomic E-state index is 12.3. The Labute approximate surface area is 105 Å². The lowest BCUT2D eigenvalue weighted by atomic mass is 9.88. The zero-order chi connectivity index (χ0) is 11.8. The Balaban J connectivity index is 1.47. The average molecular weight is 235 g/mol. The standard InChI is InChI=1S/C15H25NO/c1-16(10-11-5-3-2-4-6-11)15(17)14-8-12-7-13(12)9-14/h11-14H,2-10H2,1H3. The lowest BCUT2D eigenvalue weighted by molar-refractivity contribution is -0.135. The maximum Gasteiger partial charge on any atom is 0.225 e. The summed E-state index contributed by atoms with van der Waals surface area (Å²) in [6.45, 7) is 1.02. The van der Waals surface area contributed by atoms with Crippen molar-refractivity contribution in [3.8, 4) is 0 Å². The Kier molecular flexibility index (Phi) is 3.14. The van der Waals surface area contributed by atoms with Crippen LogP contribution in [0.2, 0.25) is 0 Å². The van der Waals surface area contributed by atoms with Gasteiger partial charge in [0.15, 0.2) is 0 Å². The molecule has 0 saturated heterocycles. The average Bonchev–Trinajstić information content (AvgIpc) is 2.96. The van der Waals surface area contributed by atoms with E-state index in [0.717, 1.165) is 24.3 Å². The lowest BCUT2D eigenvalue weighted by Gasteiger charge is -2.29. The Morgan fingerprint density at radius 3 is 2.35 bits per heavy atom. The fraction of sp³-hybridized carbons (Fsp3) is 0.933. The normalized spacial score (nSPS) is 36.6. The molecule has 96 valence electrons. The number of hydrogen-bond acceptors (Lipinski definition) is 1. The molecule has 2 nitrogen and oxygen atoms in total. The number of nitrogens with zero attached hydrogens (tertiary/aromatic N) is 1. The summed E-state index contributed by atoms with van der Waals surface area (Å²) in [6, 6.07) is 0. The highest BCUT2D eigenvalue weighted by Crippen LogP contribution is 2.54. The molecule has 2 unspecified atom stereocenters. The van der Waals surface area contributed by atoms with Crippen LogP contribution in [0.15, 0.2) is 0 Å².